The van der Waals surface area contributed by atoms with Gasteiger partial charge in [-0.25, -0.2) is 8.42 Å². The lowest BCUT2D eigenvalue weighted by atomic mass is 9.70. The summed E-state index contributed by atoms with van der Waals surface area (Å²) < 4.78 is 89.6. The maximum Gasteiger partial charge on any atom is 0.452 e. The quantitative estimate of drug-likeness (QED) is 0.212. The van der Waals surface area contributed by atoms with Crippen molar-refractivity contribution in [3.63, 3.8) is 0 Å². The Morgan fingerprint density at radius 3 is 2.50 bits per heavy atom. The van der Waals surface area contributed by atoms with E-state index in [1.807, 2.05) is 6.92 Å². The first-order valence-electron chi connectivity index (χ1n) is 16.7. The number of ether oxygens (including phenoxy) is 3. The Bertz CT molecular complexity index is 2100. The van der Waals surface area contributed by atoms with E-state index < -0.39 is 44.9 Å². The Hall–Kier alpha value is -4.32. The first kappa shape index (κ1) is 37.4. The molecule has 1 aromatic carbocycles. The number of rotatable bonds is 10. The minimum absolute atomic E-state index is 0.0202. The van der Waals surface area contributed by atoms with Crippen LogP contribution in [-0.4, -0.2) is 87.1 Å². The highest BCUT2D eigenvalue weighted by Crippen LogP contribution is 2.45. The number of carboxylic acid groups (broad SMARTS) is 1. The van der Waals surface area contributed by atoms with Gasteiger partial charge >= 0.3 is 12.1 Å². The summed E-state index contributed by atoms with van der Waals surface area (Å²) in [5.74, 6) is -3.17. The number of fused-ring (bicyclic) bond motifs is 2. The molecular weight excluding hydrogens is 707 g/mol. The fraction of sp³-hybridized carbons (Fsp3) is 0.486. The Morgan fingerprint density at radius 2 is 1.83 bits per heavy atom. The summed E-state index contributed by atoms with van der Waals surface area (Å²) in [7, 11) is -4.21. The summed E-state index contributed by atoms with van der Waals surface area (Å²) in [4.78, 5) is 17.0. The average molecular weight is 748 g/mol. The molecule has 4 aromatic rings. The molecule has 2 N–H and O–H groups in total. The highest BCUT2D eigenvalue weighted by atomic mass is 32.2. The van der Waals surface area contributed by atoms with Crippen LogP contribution in [0, 0.1) is 19.3 Å². The van der Waals surface area contributed by atoms with Gasteiger partial charge in [0.05, 0.1) is 31.8 Å². The van der Waals surface area contributed by atoms with E-state index in [2.05, 4.69) is 15.2 Å². The third-order valence-corrected chi connectivity index (χ3v) is 11.7. The minimum atomic E-state index is -4.76. The molecular formula is C35H40F3N5O8S. The van der Waals surface area contributed by atoms with Crippen LogP contribution in [0.2, 0.25) is 0 Å². The summed E-state index contributed by atoms with van der Waals surface area (Å²) >= 11 is 0. The number of benzene rings is 1. The van der Waals surface area contributed by atoms with Crippen LogP contribution in [0.5, 0.6) is 11.8 Å². The number of aliphatic hydroxyl groups is 1. The molecule has 0 radical (unpaired) electrons. The smallest absolute Gasteiger partial charge is 0.452 e. The number of carboxylic acids is 1. The number of nitrogens with zero attached hydrogens (tertiary/aromatic N) is 5. The van der Waals surface area contributed by atoms with Crippen LogP contribution in [0.25, 0.3) is 5.65 Å². The maximum absolute atomic E-state index is 14.4. The van der Waals surface area contributed by atoms with Gasteiger partial charge in [0.15, 0.2) is 5.65 Å². The molecule has 13 nitrogen and oxygen atoms in total. The fourth-order valence-corrected chi connectivity index (χ4v) is 8.41. The number of aryl methyl sites for hydroxylation is 2. The second-order valence-corrected chi connectivity index (χ2v) is 15.7. The predicted molar refractivity (Wildman–Crippen MR) is 180 cm³/mol. The van der Waals surface area contributed by atoms with E-state index in [0.29, 0.717) is 54.7 Å². The number of carbonyl (C=O) groups is 1. The van der Waals surface area contributed by atoms with Crippen LogP contribution in [0.4, 0.5) is 13.2 Å². The number of hydrogen-bond acceptors (Lipinski definition) is 10. The molecule has 5 heterocycles. The van der Waals surface area contributed by atoms with E-state index in [9.17, 15) is 31.5 Å². The van der Waals surface area contributed by atoms with Crippen LogP contribution >= 0.6 is 0 Å². The lowest BCUT2D eigenvalue weighted by Gasteiger charge is -2.38. The Morgan fingerprint density at radius 1 is 1.10 bits per heavy atom. The normalized spacial score (nSPS) is 18.1. The molecule has 1 unspecified atom stereocenters. The topological polar surface area (TPSA) is 166 Å². The summed E-state index contributed by atoms with van der Waals surface area (Å²) in [5, 5.41) is 26.7. The number of sulfonamides is 1. The molecule has 1 atom stereocenters. The van der Waals surface area contributed by atoms with E-state index in [0.717, 1.165) is 9.96 Å². The minimum Gasteiger partial charge on any atom is -0.481 e. The van der Waals surface area contributed by atoms with Gasteiger partial charge in [0.2, 0.25) is 27.6 Å². The van der Waals surface area contributed by atoms with Crippen molar-refractivity contribution in [3.05, 3.63) is 76.2 Å². The number of pyridine rings is 2. The third-order valence-electron chi connectivity index (χ3n) is 9.91. The highest BCUT2D eigenvalue weighted by molar-refractivity contribution is 7.89. The van der Waals surface area contributed by atoms with Crippen molar-refractivity contribution in [2.75, 3.05) is 33.0 Å². The zero-order chi connectivity index (χ0) is 37.6. The summed E-state index contributed by atoms with van der Waals surface area (Å²) in [5.41, 5.74) is 0.111. The molecule has 2 aliphatic heterocycles. The molecule has 280 valence electrons. The largest absolute Gasteiger partial charge is 0.481 e. The van der Waals surface area contributed by atoms with Crippen LogP contribution in [0.15, 0.2) is 47.5 Å². The van der Waals surface area contributed by atoms with E-state index >= 15 is 0 Å². The van der Waals surface area contributed by atoms with Crippen LogP contribution in [0.3, 0.4) is 0 Å². The van der Waals surface area contributed by atoms with Gasteiger partial charge in [-0.1, -0.05) is 18.2 Å². The Labute approximate surface area is 298 Å². The van der Waals surface area contributed by atoms with Crippen molar-refractivity contribution in [1.29, 1.82) is 0 Å². The monoisotopic (exact) mass is 747 g/mol. The number of halogens is 3. The zero-order valence-electron chi connectivity index (χ0n) is 29.1. The van der Waals surface area contributed by atoms with Crippen molar-refractivity contribution in [2.45, 2.75) is 76.1 Å². The summed E-state index contributed by atoms with van der Waals surface area (Å²) in [6, 6.07) is 9.56. The van der Waals surface area contributed by atoms with Crippen molar-refractivity contribution in [3.8, 4) is 11.8 Å². The molecule has 0 bridgehead atoms. The van der Waals surface area contributed by atoms with Gasteiger partial charge in [-0.3, -0.25) is 9.20 Å². The molecule has 6 rings (SSSR count). The molecule has 52 heavy (non-hydrogen) atoms. The molecule has 1 spiro atoms. The van der Waals surface area contributed by atoms with E-state index in [1.54, 1.807) is 25.1 Å². The lowest BCUT2D eigenvalue weighted by molar-refractivity contribution is -0.147. The highest BCUT2D eigenvalue weighted by Gasteiger charge is 2.46. The third kappa shape index (κ3) is 6.93. The van der Waals surface area contributed by atoms with E-state index in [4.69, 9.17) is 19.3 Å². The second kappa shape index (κ2) is 13.9. The van der Waals surface area contributed by atoms with Gasteiger partial charge in [-0.15, -0.1) is 10.2 Å². The summed E-state index contributed by atoms with van der Waals surface area (Å²) in [6.45, 7) is 7.13. The number of hydrogen-bond donors (Lipinski definition) is 2. The number of aliphatic carboxylic acids is 1. The van der Waals surface area contributed by atoms with Crippen LogP contribution in [0.1, 0.15) is 72.7 Å². The molecule has 1 saturated heterocycles. The predicted octanol–water partition coefficient (Wildman–Crippen LogP) is 4.90. The van der Waals surface area contributed by atoms with Crippen molar-refractivity contribution >= 4 is 21.6 Å². The molecule has 0 amide bonds. The Balaban J connectivity index is 1.43. The molecule has 3 aromatic heterocycles. The van der Waals surface area contributed by atoms with Gasteiger partial charge in [0.25, 0.3) is 0 Å². The average Bonchev–Trinajstić information content (AvgIpc) is 3.50. The van der Waals surface area contributed by atoms with Gasteiger partial charge < -0.3 is 24.4 Å². The van der Waals surface area contributed by atoms with Crippen LogP contribution in [-0.2, 0) is 32.3 Å². The zero-order valence-corrected chi connectivity index (χ0v) is 29.9. The van der Waals surface area contributed by atoms with Crippen molar-refractivity contribution < 1.29 is 50.8 Å². The number of alkyl halides is 3. The molecule has 1 fully saturated rings. The first-order chi connectivity index (χ1) is 24.5. The molecule has 17 heteroatoms. The number of aromatic nitrogens is 4. The van der Waals surface area contributed by atoms with Gasteiger partial charge in [0, 0.05) is 50.6 Å². The van der Waals surface area contributed by atoms with Crippen LogP contribution < -0.4 is 9.47 Å². The second-order valence-electron chi connectivity index (χ2n) is 13.8. The van der Waals surface area contributed by atoms with Crippen molar-refractivity contribution in [2.24, 2.45) is 5.41 Å². The fourth-order valence-electron chi connectivity index (χ4n) is 6.87. The maximum atomic E-state index is 14.4. The standard InChI is InChI=1S/C35H40F3N5O8S/c1-21-6-7-23(28(33(3,4)32(45)46)25-10-13-43-29(22(25)2)40-41-31(43)35(36,37)38)18-24(21)19-42-20-34(11-16-49-17-12-34)51-30-26(52(42,47)48)8-9-27(39-30)50-15-5-14-44/h6-10,13,18,28,44H,5,11-12,14-17,19-20H2,1-4H3,(H,45,46). The van der Waals surface area contributed by atoms with Gasteiger partial charge in [-0.05, 0) is 67.6 Å². The molecule has 0 aliphatic carbocycles. The van der Waals surface area contributed by atoms with E-state index in [1.165, 1.54) is 42.5 Å². The molecule has 0 saturated carbocycles. The van der Waals surface area contributed by atoms with E-state index in [-0.39, 0.29) is 48.6 Å². The first-order valence-corrected chi connectivity index (χ1v) is 18.2. The van der Waals surface area contributed by atoms with Gasteiger partial charge in [0.1, 0.15) is 10.5 Å². The summed E-state index contributed by atoms with van der Waals surface area (Å²) in [6.07, 6.45) is -2.42. The SMILES string of the molecule is Cc1ccc(C(c2ccn3c(C(F)(F)F)nnc3c2C)C(C)(C)C(=O)O)cc1CN1CC2(CCOCC2)Oc2nc(OCCCO)ccc2S1(=O)=O. The lowest BCUT2D eigenvalue weighted by Crippen LogP contribution is -2.50. The van der Waals surface area contributed by atoms with Gasteiger partial charge in [-0.2, -0.15) is 22.5 Å². The Kier molecular flexibility index (Phi) is 10.0. The van der Waals surface area contributed by atoms with Crippen molar-refractivity contribution in [1.82, 2.24) is 23.9 Å². The molecule has 2 aliphatic rings. The number of aliphatic hydroxyl groups excluding tert-OH is 1.